The van der Waals surface area contributed by atoms with E-state index in [0.717, 1.165) is 36.8 Å². The summed E-state index contributed by atoms with van der Waals surface area (Å²) in [7, 11) is 0. The Morgan fingerprint density at radius 3 is 2.50 bits per heavy atom. The van der Waals surface area contributed by atoms with Gasteiger partial charge >= 0.3 is 0 Å². The molecule has 0 aliphatic heterocycles. The minimum absolute atomic E-state index is 0.470. The van der Waals surface area contributed by atoms with Crippen LogP contribution in [-0.2, 0) is 19.0 Å². The first kappa shape index (κ1) is 17.3. The molecule has 2 rings (SSSR count). The van der Waals surface area contributed by atoms with Crippen LogP contribution in [0.25, 0.3) is 0 Å². The van der Waals surface area contributed by atoms with Gasteiger partial charge in [0.15, 0.2) is 0 Å². The summed E-state index contributed by atoms with van der Waals surface area (Å²) < 4.78 is 0. The number of nitrogens with zero attached hydrogens (tertiary/aromatic N) is 2. The van der Waals surface area contributed by atoms with Crippen molar-refractivity contribution in [3.8, 4) is 0 Å². The molecule has 0 unspecified atom stereocenters. The third-order valence-corrected chi connectivity index (χ3v) is 4.55. The molecule has 0 aliphatic carbocycles. The van der Waals surface area contributed by atoms with Crippen molar-refractivity contribution in [1.82, 2.24) is 9.88 Å². The fourth-order valence-electron chi connectivity index (χ4n) is 2.31. The molecule has 22 heavy (non-hydrogen) atoms. The normalized spacial score (nSPS) is 11.0. The minimum Gasteiger partial charge on any atom is -0.292 e. The van der Waals surface area contributed by atoms with Crippen molar-refractivity contribution in [2.75, 3.05) is 18.1 Å². The standard InChI is InChI=1S/C18H23ClN2S/c1-2-22-12-11-21(14-16-7-4-3-5-8-16)15-18-10-6-9-17(13-19)20-18/h3-10H,2,11-15H2,1H3. The zero-order valence-electron chi connectivity index (χ0n) is 13.0. The fourth-order valence-corrected chi connectivity index (χ4v) is 3.14. The van der Waals surface area contributed by atoms with E-state index in [2.05, 4.69) is 53.2 Å². The summed E-state index contributed by atoms with van der Waals surface area (Å²) >= 11 is 7.87. The van der Waals surface area contributed by atoms with Gasteiger partial charge in [-0.3, -0.25) is 9.88 Å². The lowest BCUT2D eigenvalue weighted by atomic mass is 10.2. The van der Waals surface area contributed by atoms with Crippen molar-refractivity contribution in [3.05, 3.63) is 65.5 Å². The average molecular weight is 335 g/mol. The summed E-state index contributed by atoms with van der Waals surface area (Å²) in [5, 5.41) is 0. The first-order valence-electron chi connectivity index (χ1n) is 7.66. The number of hydrogen-bond acceptors (Lipinski definition) is 3. The summed E-state index contributed by atoms with van der Waals surface area (Å²) in [4.78, 5) is 7.08. The van der Waals surface area contributed by atoms with E-state index < -0.39 is 0 Å². The lowest BCUT2D eigenvalue weighted by Crippen LogP contribution is -2.26. The quantitative estimate of drug-likeness (QED) is 0.493. The molecule has 0 radical (unpaired) electrons. The van der Waals surface area contributed by atoms with E-state index in [1.807, 2.05) is 23.9 Å². The van der Waals surface area contributed by atoms with E-state index >= 15 is 0 Å². The molecular formula is C18H23ClN2S. The van der Waals surface area contributed by atoms with Crippen LogP contribution in [0.1, 0.15) is 23.9 Å². The van der Waals surface area contributed by atoms with Gasteiger partial charge in [-0.15, -0.1) is 11.6 Å². The van der Waals surface area contributed by atoms with Gasteiger partial charge in [0.05, 0.1) is 17.3 Å². The number of alkyl halides is 1. The summed E-state index contributed by atoms with van der Waals surface area (Å²) in [6, 6.07) is 16.7. The van der Waals surface area contributed by atoms with Crippen LogP contribution in [0.5, 0.6) is 0 Å². The lowest BCUT2D eigenvalue weighted by molar-refractivity contribution is 0.270. The van der Waals surface area contributed by atoms with E-state index in [-0.39, 0.29) is 0 Å². The Morgan fingerprint density at radius 1 is 1.00 bits per heavy atom. The Bertz CT molecular complexity index is 548. The molecule has 1 aromatic heterocycles. The van der Waals surface area contributed by atoms with Gasteiger partial charge in [0, 0.05) is 25.4 Å². The Balaban J connectivity index is 2.02. The minimum atomic E-state index is 0.470. The van der Waals surface area contributed by atoms with E-state index in [0.29, 0.717) is 5.88 Å². The maximum atomic E-state index is 5.89. The van der Waals surface area contributed by atoms with E-state index in [4.69, 9.17) is 11.6 Å². The highest BCUT2D eigenvalue weighted by molar-refractivity contribution is 7.99. The number of benzene rings is 1. The van der Waals surface area contributed by atoms with Crippen LogP contribution in [0.3, 0.4) is 0 Å². The van der Waals surface area contributed by atoms with Crippen LogP contribution in [0.2, 0.25) is 0 Å². The van der Waals surface area contributed by atoms with Crippen LogP contribution in [0, 0.1) is 0 Å². The van der Waals surface area contributed by atoms with E-state index in [9.17, 15) is 0 Å². The Kier molecular flexibility index (Phi) is 7.78. The van der Waals surface area contributed by atoms with Crippen molar-refractivity contribution < 1.29 is 0 Å². The Hall–Kier alpha value is -1.03. The number of hydrogen-bond donors (Lipinski definition) is 0. The maximum Gasteiger partial charge on any atom is 0.0647 e. The summed E-state index contributed by atoms with van der Waals surface area (Å²) in [6.45, 7) is 5.10. The second-order valence-corrected chi connectivity index (χ2v) is 6.81. The summed E-state index contributed by atoms with van der Waals surface area (Å²) in [5.41, 5.74) is 3.38. The second-order valence-electron chi connectivity index (χ2n) is 5.15. The molecule has 0 spiro atoms. The second kappa shape index (κ2) is 9.88. The SMILES string of the molecule is CCSCCN(Cc1ccccc1)Cc1cccc(CCl)n1. The molecule has 2 nitrogen and oxygen atoms in total. The van der Waals surface area contributed by atoms with Crippen LogP contribution in [-0.4, -0.2) is 27.9 Å². The molecule has 1 heterocycles. The molecule has 0 saturated carbocycles. The molecule has 0 fully saturated rings. The molecule has 0 aliphatic rings. The molecule has 0 atom stereocenters. The summed E-state index contributed by atoms with van der Waals surface area (Å²) in [5.74, 6) is 2.79. The molecule has 0 amide bonds. The Morgan fingerprint density at radius 2 is 1.77 bits per heavy atom. The van der Waals surface area contributed by atoms with Crippen LogP contribution in [0.4, 0.5) is 0 Å². The van der Waals surface area contributed by atoms with Crippen molar-refractivity contribution in [2.24, 2.45) is 0 Å². The van der Waals surface area contributed by atoms with Crippen LogP contribution < -0.4 is 0 Å². The number of halogens is 1. The summed E-state index contributed by atoms with van der Waals surface area (Å²) in [6.07, 6.45) is 0. The van der Waals surface area contributed by atoms with Crippen molar-refractivity contribution in [3.63, 3.8) is 0 Å². The predicted octanol–water partition coefficient (Wildman–Crippen LogP) is 4.58. The largest absolute Gasteiger partial charge is 0.292 e. The Labute approximate surface area is 142 Å². The molecule has 1 aromatic carbocycles. The lowest BCUT2D eigenvalue weighted by Gasteiger charge is -2.22. The molecule has 0 bridgehead atoms. The maximum absolute atomic E-state index is 5.89. The van der Waals surface area contributed by atoms with Gasteiger partial charge in [-0.2, -0.15) is 11.8 Å². The predicted molar refractivity (Wildman–Crippen MR) is 97.3 cm³/mol. The highest BCUT2D eigenvalue weighted by Crippen LogP contribution is 2.11. The molecule has 4 heteroatoms. The number of thioether (sulfide) groups is 1. The number of rotatable bonds is 9. The highest BCUT2D eigenvalue weighted by Gasteiger charge is 2.08. The fraction of sp³-hybridized carbons (Fsp3) is 0.389. The third kappa shape index (κ3) is 5.99. The van der Waals surface area contributed by atoms with Crippen LogP contribution in [0.15, 0.2) is 48.5 Å². The zero-order valence-corrected chi connectivity index (χ0v) is 14.6. The zero-order chi connectivity index (χ0) is 15.6. The number of pyridine rings is 1. The molecule has 0 N–H and O–H groups in total. The monoisotopic (exact) mass is 334 g/mol. The first-order chi connectivity index (χ1) is 10.8. The molecule has 2 aromatic rings. The van der Waals surface area contributed by atoms with Gasteiger partial charge in [0.1, 0.15) is 0 Å². The van der Waals surface area contributed by atoms with Gasteiger partial charge in [0.2, 0.25) is 0 Å². The first-order valence-corrected chi connectivity index (χ1v) is 9.35. The number of aromatic nitrogens is 1. The smallest absolute Gasteiger partial charge is 0.0647 e. The molecule has 118 valence electrons. The highest BCUT2D eigenvalue weighted by atomic mass is 35.5. The van der Waals surface area contributed by atoms with E-state index in [1.54, 1.807) is 0 Å². The molecule has 0 saturated heterocycles. The topological polar surface area (TPSA) is 16.1 Å². The van der Waals surface area contributed by atoms with Gasteiger partial charge < -0.3 is 0 Å². The van der Waals surface area contributed by atoms with Crippen LogP contribution >= 0.6 is 23.4 Å². The van der Waals surface area contributed by atoms with Gasteiger partial charge in [-0.1, -0.05) is 43.3 Å². The van der Waals surface area contributed by atoms with Crippen molar-refractivity contribution >= 4 is 23.4 Å². The van der Waals surface area contributed by atoms with Gasteiger partial charge in [-0.25, -0.2) is 0 Å². The van der Waals surface area contributed by atoms with E-state index in [1.165, 1.54) is 11.3 Å². The average Bonchev–Trinajstić information content (AvgIpc) is 2.56. The van der Waals surface area contributed by atoms with Crippen molar-refractivity contribution in [1.29, 1.82) is 0 Å². The molecular weight excluding hydrogens is 312 g/mol. The third-order valence-electron chi connectivity index (χ3n) is 3.39. The van der Waals surface area contributed by atoms with Gasteiger partial charge in [-0.05, 0) is 23.4 Å². The van der Waals surface area contributed by atoms with Gasteiger partial charge in [0.25, 0.3) is 0 Å². The van der Waals surface area contributed by atoms with Crippen molar-refractivity contribution in [2.45, 2.75) is 25.9 Å².